The predicted octanol–water partition coefficient (Wildman–Crippen LogP) is 4.70. The Bertz CT molecular complexity index is 386. The van der Waals surface area contributed by atoms with Crippen LogP contribution in [-0.2, 0) is 6.42 Å². The number of likely N-dealkylation sites (N-methyl/N-ethyl adjacent to an activating group) is 1. The van der Waals surface area contributed by atoms with Gasteiger partial charge in [0, 0.05) is 6.04 Å². The monoisotopic (exact) mass is 285 g/mol. The van der Waals surface area contributed by atoms with E-state index in [1.54, 1.807) is 0 Å². The number of hydrogen-bond acceptors (Lipinski definition) is 1. The van der Waals surface area contributed by atoms with Crippen LogP contribution in [0.3, 0.4) is 0 Å². The van der Waals surface area contributed by atoms with E-state index in [4.69, 9.17) is 23.2 Å². The molecule has 3 heteroatoms. The Labute approximate surface area is 120 Å². The summed E-state index contributed by atoms with van der Waals surface area (Å²) in [4.78, 5) is 0. The van der Waals surface area contributed by atoms with Crippen molar-refractivity contribution < 1.29 is 0 Å². The van der Waals surface area contributed by atoms with Crippen LogP contribution in [0.2, 0.25) is 10.0 Å². The molecule has 1 unspecified atom stereocenters. The number of nitrogens with one attached hydrogen (secondary N) is 1. The second kappa shape index (κ2) is 6.79. The van der Waals surface area contributed by atoms with Crippen LogP contribution in [0.25, 0.3) is 0 Å². The molecule has 0 saturated heterocycles. The maximum atomic E-state index is 6.08. The van der Waals surface area contributed by atoms with E-state index in [2.05, 4.69) is 18.3 Å². The zero-order chi connectivity index (χ0) is 13.0. The first-order valence-electron chi connectivity index (χ1n) is 6.88. The van der Waals surface area contributed by atoms with Gasteiger partial charge in [0.25, 0.3) is 0 Å². The van der Waals surface area contributed by atoms with Crippen molar-refractivity contribution >= 4 is 23.2 Å². The summed E-state index contributed by atoms with van der Waals surface area (Å²) in [6.07, 6.45) is 6.54. The molecule has 2 rings (SSSR count). The van der Waals surface area contributed by atoms with E-state index >= 15 is 0 Å². The molecule has 1 atom stereocenters. The van der Waals surface area contributed by atoms with Crippen molar-refractivity contribution in [1.82, 2.24) is 5.32 Å². The van der Waals surface area contributed by atoms with Crippen LogP contribution >= 0.6 is 23.2 Å². The SMILES string of the molecule is CCNC(Cc1ccc(Cl)c(Cl)c1)C1CCCC1. The summed E-state index contributed by atoms with van der Waals surface area (Å²) >= 11 is 12.0. The van der Waals surface area contributed by atoms with Crippen molar-refractivity contribution in [3.8, 4) is 0 Å². The zero-order valence-corrected chi connectivity index (χ0v) is 12.4. The Kier molecular flexibility index (Phi) is 5.35. The van der Waals surface area contributed by atoms with Gasteiger partial charge >= 0.3 is 0 Å². The third-order valence-corrected chi connectivity index (χ3v) is 4.61. The number of rotatable bonds is 5. The molecule has 1 fully saturated rings. The molecule has 1 aliphatic rings. The van der Waals surface area contributed by atoms with Crippen molar-refractivity contribution in [2.24, 2.45) is 5.92 Å². The highest BCUT2D eigenvalue weighted by atomic mass is 35.5. The molecule has 1 N–H and O–H groups in total. The summed E-state index contributed by atoms with van der Waals surface area (Å²) < 4.78 is 0. The molecular weight excluding hydrogens is 265 g/mol. The molecular formula is C15H21Cl2N. The summed E-state index contributed by atoms with van der Waals surface area (Å²) in [5.74, 6) is 0.819. The van der Waals surface area contributed by atoms with Gasteiger partial charge in [-0.3, -0.25) is 0 Å². The summed E-state index contributed by atoms with van der Waals surface area (Å²) in [5.41, 5.74) is 1.28. The van der Waals surface area contributed by atoms with E-state index in [1.807, 2.05) is 12.1 Å². The highest BCUT2D eigenvalue weighted by Crippen LogP contribution is 2.30. The number of benzene rings is 1. The molecule has 0 aromatic heterocycles. The third kappa shape index (κ3) is 3.63. The third-order valence-electron chi connectivity index (χ3n) is 3.87. The van der Waals surface area contributed by atoms with E-state index in [0.29, 0.717) is 16.1 Å². The van der Waals surface area contributed by atoms with Gasteiger partial charge in [-0.05, 0) is 49.4 Å². The minimum absolute atomic E-state index is 0.578. The average Bonchev–Trinajstić information content (AvgIpc) is 2.87. The van der Waals surface area contributed by atoms with Gasteiger partial charge in [-0.15, -0.1) is 0 Å². The van der Waals surface area contributed by atoms with Crippen LogP contribution in [0.1, 0.15) is 38.2 Å². The lowest BCUT2D eigenvalue weighted by Gasteiger charge is -2.24. The molecule has 100 valence electrons. The summed E-state index contributed by atoms with van der Waals surface area (Å²) in [6, 6.07) is 6.57. The second-order valence-corrected chi connectivity index (χ2v) is 5.98. The van der Waals surface area contributed by atoms with Crippen LogP contribution in [-0.4, -0.2) is 12.6 Å². The predicted molar refractivity (Wildman–Crippen MR) is 79.6 cm³/mol. The number of halogens is 2. The van der Waals surface area contributed by atoms with Gasteiger partial charge in [-0.2, -0.15) is 0 Å². The first kappa shape index (κ1) is 14.2. The summed E-state index contributed by atoms with van der Waals surface area (Å²) in [6.45, 7) is 3.21. The summed E-state index contributed by atoms with van der Waals surface area (Å²) in [7, 11) is 0. The maximum Gasteiger partial charge on any atom is 0.0595 e. The van der Waals surface area contributed by atoms with Crippen molar-refractivity contribution in [3.63, 3.8) is 0 Å². The van der Waals surface area contributed by atoms with E-state index < -0.39 is 0 Å². The van der Waals surface area contributed by atoms with E-state index in [0.717, 1.165) is 18.9 Å². The Morgan fingerprint density at radius 1 is 1.22 bits per heavy atom. The summed E-state index contributed by atoms with van der Waals surface area (Å²) in [5, 5.41) is 4.93. The van der Waals surface area contributed by atoms with Crippen molar-refractivity contribution in [3.05, 3.63) is 33.8 Å². The first-order chi connectivity index (χ1) is 8.70. The molecule has 18 heavy (non-hydrogen) atoms. The standard InChI is InChI=1S/C15H21Cl2N/c1-2-18-15(12-5-3-4-6-12)10-11-7-8-13(16)14(17)9-11/h7-9,12,15,18H,2-6,10H2,1H3. The molecule has 1 saturated carbocycles. The molecule has 0 aliphatic heterocycles. The van der Waals surface area contributed by atoms with Gasteiger partial charge in [0.15, 0.2) is 0 Å². The normalized spacial score (nSPS) is 18.2. The van der Waals surface area contributed by atoms with Crippen molar-refractivity contribution in [2.75, 3.05) is 6.54 Å². The van der Waals surface area contributed by atoms with Gasteiger partial charge in [0.1, 0.15) is 0 Å². The molecule has 0 bridgehead atoms. The molecule has 0 spiro atoms. The number of hydrogen-bond donors (Lipinski definition) is 1. The fourth-order valence-corrected chi connectivity index (χ4v) is 3.27. The molecule has 1 aromatic rings. The van der Waals surface area contributed by atoms with Gasteiger partial charge in [-0.1, -0.05) is 49.0 Å². The Morgan fingerprint density at radius 2 is 1.94 bits per heavy atom. The molecule has 1 aromatic carbocycles. The van der Waals surface area contributed by atoms with Crippen molar-refractivity contribution in [1.29, 1.82) is 0 Å². The Morgan fingerprint density at radius 3 is 2.56 bits per heavy atom. The Hall–Kier alpha value is -0.240. The molecule has 0 radical (unpaired) electrons. The van der Waals surface area contributed by atoms with Gasteiger partial charge in [0.05, 0.1) is 10.0 Å². The van der Waals surface area contributed by atoms with Crippen LogP contribution < -0.4 is 5.32 Å². The first-order valence-corrected chi connectivity index (χ1v) is 7.63. The fourth-order valence-electron chi connectivity index (χ4n) is 2.95. The molecule has 0 heterocycles. The Balaban J connectivity index is 2.04. The van der Waals surface area contributed by atoms with Gasteiger partial charge in [-0.25, -0.2) is 0 Å². The van der Waals surface area contributed by atoms with Gasteiger partial charge in [0.2, 0.25) is 0 Å². The lowest BCUT2D eigenvalue weighted by molar-refractivity contribution is 0.362. The highest BCUT2D eigenvalue weighted by Gasteiger charge is 2.24. The van der Waals surface area contributed by atoms with Crippen LogP contribution in [0.5, 0.6) is 0 Å². The van der Waals surface area contributed by atoms with E-state index in [9.17, 15) is 0 Å². The maximum absolute atomic E-state index is 6.08. The zero-order valence-electron chi connectivity index (χ0n) is 10.9. The smallest absolute Gasteiger partial charge is 0.0595 e. The second-order valence-electron chi connectivity index (χ2n) is 5.16. The largest absolute Gasteiger partial charge is 0.314 e. The minimum Gasteiger partial charge on any atom is -0.314 e. The van der Waals surface area contributed by atoms with E-state index in [1.165, 1.54) is 31.2 Å². The topological polar surface area (TPSA) is 12.0 Å². The highest BCUT2D eigenvalue weighted by molar-refractivity contribution is 6.42. The molecule has 1 nitrogen and oxygen atoms in total. The molecule has 0 amide bonds. The van der Waals surface area contributed by atoms with Crippen molar-refractivity contribution in [2.45, 2.75) is 45.1 Å². The van der Waals surface area contributed by atoms with Gasteiger partial charge < -0.3 is 5.32 Å². The van der Waals surface area contributed by atoms with Crippen LogP contribution in [0.4, 0.5) is 0 Å². The minimum atomic E-state index is 0.578. The van der Waals surface area contributed by atoms with E-state index in [-0.39, 0.29) is 0 Å². The van der Waals surface area contributed by atoms with Crippen LogP contribution in [0, 0.1) is 5.92 Å². The van der Waals surface area contributed by atoms with Crippen LogP contribution in [0.15, 0.2) is 18.2 Å². The molecule has 1 aliphatic carbocycles. The lowest BCUT2D eigenvalue weighted by atomic mass is 9.92. The lowest BCUT2D eigenvalue weighted by Crippen LogP contribution is -2.36. The quantitative estimate of drug-likeness (QED) is 0.827. The average molecular weight is 286 g/mol. The fraction of sp³-hybridized carbons (Fsp3) is 0.600.